The van der Waals surface area contributed by atoms with E-state index in [9.17, 15) is 43.2 Å². The predicted octanol–water partition coefficient (Wildman–Crippen LogP) is 22.8. The lowest BCUT2D eigenvalue weighted by atomic mass is 9.99. The topological polar surface area (TPSA) is 237 Å². The summed E-state index contributed by atoms with van der Waals surface area (Å²) in [6.07, 6.45) is 53.0. The second-order valence-electron chi connectivity index (χ2n) is 29.8. The Bertz CT molecular complexity index is 1900. The van der Waals surface area contributed by atoms with Gasteiger partial charge in [0.25, 0.3) is 0 Å². The molecule has 6 atom stereocenters. The van der Waals surface area contributed by atoms with Crippen molar-refractivity contribution in [3.63, 3.8) is 0 Å². The molecule has 3 N–H and O–H groups in total. The van der Waals surface area contributed by atoms with Crippen LogP contribution in [0.2, 0.25) is 0 Å². The van der Waals surface area contributed by atoms with Crippen LogP contribution >= 0.6 is 15.6 Å². The summed E-state index contributed by atoms with van der Waals surface area (Å²) in [6, 6.07) is 0. The van der Waals surface area contributed by atoms with Gasteiger partial charge in [-0.3, -0.25) is 37.3 Å². The lowest BCUT2D eigenvalue weighted by Gasteiger charge is -2.21. The van der Waals surface area contributed by atoms with Gasteiger partial charge in [-0.1, -0.05) is 344 Å². The van der Waals surface area contributed by atoms with E-state index in [4.69, 9.17) is 37.0 Å². The summed E-state index contributed by atoms with van der Waals surface area (Å²) >= 11 is 0. The number of phosphoric ester groups is 2. The number of esters is 4. The van der Waals surface area contributed by atoms with Crippen LogP contribution in [0, 0.1) is 23.7 Å². The Hall–Kier alpha value is -1.94. The number of hydrogen-bond acceptors (Lipinski definition) is 15. The number of rotatable bonds is 75. The molecule has 0 saturated carbocycles. The molecule has 0 aromatic rings. The highest BCUT2D eigenvalue weighted by molar-refractivity contribution is 7.47. The molecule has 0 saturated heterocycles. The Morgan fingerprint density at radius 1 is 0.289 bits per heavy atom. The van der Waals surface area contributed by atoms with Gasteiger partial charge >= 0.3 is 39.5 Å². The second kappa shape index (κ2) is 67.2. The number of phosphoric acid groups is 2. The van der Waals surface area contributed by atoms with Crippen LogP contribution in [0.25, 0.3) is 0 Å². The standard InChI is InChI=1S/C78H152O17P2/c1-9-71(8)57-49-41-32-25-21-16-14-12-10-11-13-15-17-23-27-34-44-52-60-77(82)94-73(64-88-75(80)58-50-42-33-26-22-19-18-20-24-30-38-46-54-68(2)3)66-92-96(84,85)90-62-72(79)63-91-97(86,87)93-67-74(65-89-76(81)59-51-43-37-36-40-48-56-70(6)7)95-78(83)61-53-45-35-29-28-31-39-47-55-69(4)5/h68-74,79H,9-67H2,1-8H3,(H,84,85)(H,86,87)/t71?,72-,73-,74-/m1/s1. The summed E-state index contributed by atoms with van der Waals surface area (Å²) in [7, 11) is -9.91. The number of carbonyl (C=O) groups excluding carboxylic acids is 4. The van der Waals surface area contributed by atoms with E-state index in [0.29, 0.717) is 31.6 Å². The number of ether oxygens (including phenoxy) is 4. The van der Waals surface area contributed by atoms with Crippen LogP contribution in [0.5, 0.6) is 0 Å². The normalized spacial score (nSPS) is 14.4. The van der Waals surface area contributed by atoms with E-state index < -0.39 is 97.5 Å². The molecule has 0 spiro atoms. The Balaban J connectivity index is 5.19. The second-order valence-corrected chi connectivity index (χ2v) is 32.7. The highest BCUT2D eigenvalue weighted by Crippen LogP contribution is 2.45. The molecule has 0 aliphatic rings. The monoisotopic (exact) mass is 1420 g/mol. The van der Waals surface area contributed by atoms with Crippen molar-refractivity contribution in [2.24, 2.45) is 23.7 Å². The van der Waals surface area contributed by atoms with Crippen molar-refractivity contribution >= 4 is 39.5 Å². The number of aliphatic hydroxyl groups excluding tert-OH is 1. The Labute approximate surface area is 594 Å². The zero-order valence-electron chi connectivity index (χ0n) is 63.7. The third-order valence-corrected chi connectivity index (χ3v) is 20.3. The van der Waals surface area contributed by atoms with Crippen LogP contribution < -0.4 is 0 Å². The van der Waals surface area contributed by atoms with Crippen molar-refractivity contribution in [3.05, 3.63) is 0 Å². The van der Waals surface area contributed by atoms with E-state index in [0.717, 1.165) is 114 Å². The minimum Gasteiger partial charge on any atom is -0.462 e. The average Bonchev–Trinajstić information content (AvgIpc) is 1.26. The van der Waals surface area contributed by atoms with Crippen molar-refractivity contribution in [2.45, 2.75) is 414 Å². The molecule has 3 unspecified atom stereocenters. The molecule has 0 fully saturated rings. The Kier molecular flexibility index (Phi) is 65.9. The van der Waals surface area contributed by atoms with E-state index in [1.165, 1.54) is 193 Å². The van der Waals surface area contributed by atoms with Crippen LogP contribution in [0.15, 0.2) is 0 Å². The largest absolute Gasteiger partial charge is 0.472 e. The molecule has 0 aromatic carbocycles. The summed E-state index contributed by atoms with van der Waals surface area (Å²) in [5.74, 6) is 0.928. The van der Waals surface area contributed by atoms with Gasteiger partial charge in [0.1, 0.15) is 19.3 Å². The fourth-order valence-corrected chi connectivity index (χ4v) is 13.5. The molecular formula is C78H152O17P2. The first kappa shape index (κ1) is 95.1. The van der Waals surface area contributed by atoms with Gasteiger partial charge in [0.05, 0.1) is 26.4 Å². The maximum atomic E-state index is 13.1. The maximum Gasteiger partial charge on any atom is 0.472 e. The van der Waals surface area contributed by atoms with E-state index in [1.54, 1.807) is 0 Å². The third kappa shape index (κ3) is 70.9. The fraction of sp³-hybridized carbons (Fsp3) is 0.949. The molecule has 0 aliphatic carbocycles. The summed E-state index contributed by atoms with van der Waals surface area (Å²) in [5.41, 5.74) is 0. The Morgan fingerprint density at radius 2 is 0.495 bits per heavy atom. The van der Waals surface area contributed by atoms with Crippen LogP contribution in [-0.4, -0.2) is 96.7 Å². The highest BCUT2D eigenvalue weighted by atomic mass is 31.2. The van der Waals surface area contributed by atoms with Gasteiger partial charge in [0.15, 0.2) is 12.2 Å². The molecule has 19 heteroatoms. The third-order valence-electron chi connectivity index (χ3n) is 18.4. The average molecular weight is 1420 g/mol. The molecule has 0 rings (SSSR count). The van der Waals surface area contributed by atoms with Crippen molar-refractivity contribution in [3.8, 4) is 0 Å². The molecule has 0 heterocycles. The van der Waals surface area contributed by atoms with Crippen molar-refractivity contribution in [1.29, 1.82) is 0 Å². The first-order valence-electron chi connectivity index (χ1n) is 40.2. The highest BCUT2D eigenvalue weighted by Gasteiger charge is 2.30. The molecule has 0 aromatic heterocycles. The lowest BCUT2D eigenvalue weighted by molar-refractivity contribution is -0.161. The van der Waals surface area contributed by atoms with Gasteiger partial charge in [-0.2, -0.15) is 0 Å². The van der Waals surface area contributed by atoms with Crippen LogP contribution in [0.1, 0.15) is 396 Å². The number of hydrogen-bond donors (Lipinski definition) is 3. The molecule has 97 heavy (non-hydrogen) atoms. The van der Waals surface area contributed by atoms with Crippen LogP contribution in [0.3, 0.4) is 0 Å². The molecule has 576 valence electrons. The van der Waals surface area contributed by atoms with E-state index in [-0.39, 0.29) is 25.7 Å². The number of unbranched alkanes of at least 4 members (excludes halogenated alkanes) is 40. The summed E-state index contributed by atoms with van der Waals surface area (Å²) in [5, 5.41) is 10.6. The molecular weight excluding hydrogens is 1270 g/mol. The van der Waals surface area contributed by atoms with Gasteiger partial charge in [-0.25, -0.2) is 9.13 Å². The fourth-order valence-electron chi connectivity index (χ4n) is 11.9. The molecule has 0 amide bonds. The number of aliphatic hydroxyl groups is 1. The molecule has 0 bridgehead atoms. The zero-order valence-corrected chi connectivity index (χ0v) is 65.5. The van der Waals surface area contributed by atoms with E-state index >= 15 is 0 Å². The van der Waals surface area contributed by atoms with Crippen LogP contribution in [-0.2, 0) is 65.4 Å². The molecule has 0 aliphatic heterocycles. The zero-order chi connectivity index (χ0) is 71.7. The first-order chi connectivity index (χ1) is 46.6. The summed E-state index contributed by atoms with van der Waals surface area (Å²) in [4.78, 5) is 72.8. The van der Waals surface area contributed by atoms with Crippen molar-refractivity contribution in [2.75, 3.05) is 39.6 Å². The minimum absolute atomic E-state index is 0.103. The molecule has 0 radical (unpaired) electrons. The van der Waals surface area contributed by atoms with Crippen molar-refractivity contribution < 1.29 is 80.2 Å². The van der Waals surface area contributed by atoms with Gasteiger partial charge < -0.3 is 33.8 Å². The smallest absolute Gasteiger partial charge is 0.462 e. The SMILES string of the molecule is CCC(C)CCCCCCCCCCCCCCCCCCCCC(=O)O[C@H](COC(=O)CCCCCCCCCCCCCCC(C)C)COP(=O)(O)OC[C@@H](O)COP(=O)(O)OC[C@@H](COC(=O)CCCCCCCCC(C)C)OC(=O)CCCCCCCCCCC(C)C. The predicted molar refractivity (Wildman–Crippen MR) is 395 cm³/mol. The lowest BCUT2D eigenvalue weighted by Crippen LogP contribution is -2.30. The minimum atomic E-state index is -4.96. The summed E-state index contributed by atoms with van der Waals surface area (Å²) < 4.78 is 68.5. The quantitative estimate of drug-likeness (QED) is 0.0222. The maximum absolute atomic E-state index is 13.1. The van der Waals surface area contributed by atoms with Gasteiger partial charge in [0.2, 0.25) is 0 Å². The summed E-state index contributed by atoms with van der Waals surface area (Å²) in [6.45, 7) is 14.2. The number of carbonyl (C=O) groups is 4. The first-order valence-corrected chi connectivity index (χ1v) is 43.2. The molecule has 17 nitrogen and oxygen atoms in total. The van der Waals surface area contributed by atoms with E-state index in [2.05, 4.69) is 55.4 Å². The van der Waals surface area contributed by atoms with Crippen LogP contribution in [0.4, 0.5) is 0 Å². The van der Waals surface area contributed by atoms with Crippen molar-refractivity contribution in [1.82, 2.24) is 0 Å². The van der Waals surface area contributed by atoms with Gasteiger partial charge in [-0.05, 0) is 49.4 Å². The van der Waals surface area contributed by atoms with E-state index in [1.807, 2.05) is 0 Å². The van der Waals surface area contributed by atoms with Gasteiger partial charge in [-0.15, -0.1) is 0 Å². The van der Waals surface area contributed by atoms with Gasteiger partial charge in [0, 0.05) is 25.7 Å². The Morgan fingerprint density at radius 3 is 0.732 bits per heavy atom.